The Labute approximate surface area is 104 Å². The predicted octanol–water partition coefficient (Wildman–Crippen LogP) is 2.96. The van der Waals surface area contributed by atoms with Crippen LogP contribution in [0.15, 0.2) is 30.3 Å². The first-order valence-corrected chi connectivity index (χ1v) is 6.75. The average Bonchev–Trinajstić information content (AvgIpc) is 2.65. The van der Waals surface area contributed by atoms with E-state index in [1.807, 2.05) is 6.07 Å². The van der Waals surface area contributed by atoms with E-state index in [0.717, 1.165) is 12.7 Å². The summed E-state index contributed by atoms with van der Waals surface area (Å²) in [6, 6.07) is 10.4. The molecule has 2 nitrogen and oxygen atoms in total. The summed E-state index contributed by atoms with van der Waals surface area (Å²) in [7, 11) is 0. The molecular formula is C14H22BO2-. The van der Waals surface area contributed by atoms with Crippen molar-refractivity contribution in [3.8, 4) is 0 Å². The van der Waals surface area contributed by atoms with Crippen molar-refractivity contribution in [2.45, 2.75) is 52.1 Å². The number of rotatable bonds is 4. The van der Waals surface area contributed by atoms with Gasteiger partial charge in [0.2, 0.25) is 0 Å². The molecule has 2 unspecified atom stereocenters. The topological polar surface area (TPSA) is 18.5 Å². The summed E-state index contributed by atoms with van der Waals surface area (Å²) >= 11 is 0. The molecule has 0 bridgehead atoms. The molecule has 3 heteroatoms. The smallest absolute Gasteiger partial charge is 0.270 e. The second-order valence-corrected chi connectivity index (χ2v) is 5.10. The summed E-state index contributed by atoms with van der Waals surface area (Å²) in [6.45, 7) is 5.15. The largest absolute Gasteiger partial charge is 0.560 e. The van der Waals surface area contributed by atoms with E-state index < -0.39 is 6.55 Å². The van der Waals surface area contributed by atoms with Crippen LogP contribution in [0.5, 0.6) is 0 Å². The van der Waals surface area contributed by atoms with Gasteiger partial charge in [-0.25, -0.2) is 0 Å². The van der Waals surface area contributed by atoms with Crippen molar-refractivity contribution in [3.05, 3.63) is 30.3 Å². The first kappa shape index (κ1) is 12.7. The third kappa shape index (κ3) is 2.56. The van der Waals surface area contributed by atoms with Crippen molar-refractivity contribution in [1.29, 1.82) is 0 Å². The first-order chi connectivity index (χ1) is 8.18. The molecule has 0 amide bonds. The van der Waals surface area contributed by atoms with E-state index in [0.29, 0.717) is 0 Å². The van der Waals surface area contributed by atoms with Gasteiger partial charge in [0.25, 0.3) is 6.55 Å². The van der Waals surface area contributed by atoms with Crippen molar-refractivity contribution in [1.82, 2.24) is 0 Å². The zero-order valence-corrected chi connectivity index (χ0v) is 11.1. The fourth-order valence-electron chi connectivity index (χ4n) is 2.63. The number of benzene rings is 1. The van der Waals surface area contributed by atoms with Crippen LogP contribution in [-0.2, 0) is 9.31 Å². The molecule has 0 N–H and O–H groups in total. The Morgan fingerprint density at radius 3 is 2.18 bits per heavy atom. The zero-order valence-electron chi connectivity index (χ0n) is 11.1. The molecule has 2 rings (SSSR count). The molecule has 0 aromatic heterocycles. The summed E-state index contributed by atoms with van der Waals surface area (Å²) in [5, 5.41) is 0. The Hall–Kier alpha value is -0.795. The van der Waals surface area contributed by atoms with E-state index in [9.17, 15) is 0 Å². The maximum atomic E-state index is 6.19. The highest BCUT2D eigenvalue weighted by molar-refractivity contribution is 6.81. The summed E-state index contributed by atoms with van der Waals surface area (Å²) in [6.07, 6.45) is 3.69. The Morgan fingerprint density at radius 1 is 1.06 bits per heavy atom. The molecule has 1 fully saturated rings. The standard InChI is InChI=1S/C14H22BO2/c1-4-5-11-15(14-9-7-6-8-10-14)16-12(2)13(3)17-15/h6-10,12-13H,4-5,11H2,1-3H3/q-1. The maximum absolute atomic E-state index is 6.19. The summed E-state index contributed by atoms with van der Waals surface area (Å²) in [5.74, 6) is 0. The van der Waals surface area contributed by atoms with Crippen LogP contribution in [0.1, 0.15) is 33.6 Å². The lowest BCUT2D eigenvalue weighted by atomic mass is 9.48. The Bertz CT molecular complexity index is 342. The Balaban J connectivity index is 2.25. The number of hydrogen-bond acceptors (Lipinski definition) is 2. The van der Waals surface area contributed by atoms with E-state index in [1.54, 1.807) is 0 Å². The first-order valence-electron chi connectivity index (χ1n) is 6.75. The van der Waals surface area contributed by atoms with Crippen LogP contribution < -0.4 is 5.46 Å². The Morgan fingerprint density at radius 2 is 1.65 bits per heavy atom. The maximum Gasteiger partial charge on any atom is 0.270 e. The minimum atomic E-state index is -1.25. The highest BCUT2D eigenvalue weighted by Gasteiger charge is 2.38. The number of unbranched alkanes of at least 4 members (excludes halogenated alkanes) is 1. The molecule has 2 atom stereocenters. The van der Waals surface area contributed by atoms with E-state index in [-0.39, 0.29) is 12.2 Å². The minimum Gasteiger partial charge on any atom is -0.560 e. The van der Waals surface area contributed by atoms with Crippen LogP contribution in [-0.4, -0.2) is 18.8 Å². The summed E-state index contributed by atoms with van der Waals surface area (Å²) < 4.78 is 12.4. The third-order valence-corrected chi connectivity index (χ3v) is 3.78. The molecule has 1 saturated heterocycles. The summed E-state index contributed by atoms with van der Waals surface area (Å²) in [4.78, 5) is 0. The molecule has 0 saturated carbocycles. The van der Waals surface area contributed by atoms with Gasteiger partial charge in [0.1, 0.15) is 0 Å². The molecule has 1 aromatic carbocycles. The minimum absolute atomic E-state index is 0.187. The molecule has 17 heavy (non-hydrogen) atoms. The van der Waals surface area contributed by atoms with Crippen LogP contribution in [0.2, 0.25) is 6.32 Å². The lowest BCUT2D eigenvalue weighted by molar-refractivity contribution is 0.187. The van der Waals surface area contributed by atoms with Gasteiger partial charge in [-0.2, -0.15) is 5.46 Å². The quantitative estimate of drug-likeness (QED) is 0.744. The van der Waals surface area contributed by atoms with Crippen molar-refractivity contribution in [2.75, 3.05) is 0 Å². The molecule has 1 aliphatic heterocycles. The van der Waals surface area contributed by atoms with Gasteiger partial charge in [-0.3, -0.25) is 0 Å². The van der Waals surface area contributed by atoms with Gasteiger partial charge in [0, 0.05) is 12.2 Å². The van der Waals surface area contributed by atoms with Crippen LogP contribution in [0, 0.1) is 0 Å². The van der Waals surface area contributed by atoms with Crippen molar-refractivity contribution >= 4 is 12.0 Å². The lowest BCUT2D eigenvalue weighted by Crippen LogP contribution is -2.50. The molecule has 1 aliphatic rings. The van der Waals surface area contributed by atoms with Gasteiger partial charge in [0.15, 0.2) is 0 Å². The molecule has 0 spiro atoms. The zero-order chi connectivity index (χ0) is 12.3. The SMILES string of the molecule is CCCC[B-]1(c2ccccc2)OC(C)C(C)O1. The van der Waals surface area contributed by atoms with Crippen molar-refractivity contribution < 1.29 is 9.31 Å². The van der Waals surface area contributed by atoms with Gasteiger partial charge in [-0.1, -0.05) is 50.1 Å². The highest BCUT2D eigenvalue weighted by Crippen LogP contribution is 2.29. The van der Waals surface area contributed by atoms with Crippen molar-refractivity contribution in [2.24, 2.45) is 0 Å². The van der Waals surface area contributed by atoms with Gasteiger partial charge in [-0.15, -0.1) is 6.32 Å². The Kier molecular flexibility index (Phi) is 3.90. The lowest BCUT2D eigenvalue weighted by Gasteiger charge is -2.36. The van der Waals surface area contributed by atoms with Gasteiger partial charge < -0.3 is 9.31 Å². The fraction of sp³-hybridized carbons (Fsp3) is 0.571. The van der Waals surface area contributed by atoms with Crippen LogP contribution in [0.4, 0.5) is 0 Å². The molecule has 1 heterocycles. The van der Waals surface area contributed by atoms with Crippen LogP contribution in [0.3, 0.4) is 0 Å². The fourth-order valence-corrected chi connectivity index (χ4v) is 2.63. The summed E-state index contributed by atoms with van der Waals surface area (Å²) in [5.41, 5.74) is 1.21. The molecule has 0 radical (unpaired) electrons. The van der Waals surface area contributed by atoms with E-state index in [2.05, 4.69) is 45.0 Å². The second-order valence-electron chi connectivity index (χ2n) is 5.10. The molecule has 0 aliphatic carbocycles. The predicted molar refractivity (Wildman–Crippen MR) is 72.6 cm³/mol. The van der Waals surface area contributed by atoms with Crippen molar-refractivity contribution in [3.63, 3.8) is 0 Å². The van der Waals surface area contributed by atoms with Gasteiger partial charge in [-0.05, 0) is 13.8 Å². The second kappa shape index (κ2) is 5.24. The average molecular weight is 233 g/mol. The van der Waals surface area contributed by atoms with Gasteiger partial charge in [0.05, 0.1) is 0 Å². The highest BCUT2D eigenvalue weighted by atomic mass is 16.7. The van der Waals surface area contributed by atoms with E-state index in [4.69, 9.17) is 9.31 Å². The van der Waals surface area contributed by atoms with E-state index >= 15 is 0 Å². The normalized spacial score (nSPS) is 32.9. The van der Waals surface area contributed by atoms with Crippen LogP contribution >= 0.6 is 0 Å². The third-order valence-electron chi connectivity index (χ3n) is 3.78. The molecule has 1 aromatic rings. The molecule has 94 valence electrons. The monoisotopic (exact) mass is 233 g/mol. The molecular weight excluding hydrogens is 211 g/mol. The van der Waals surface area contributed by atoms with E-state index in [1.165, 1.54) is 11.9 Å². The number of hydrogen-bond donors (Lipinski definition) is 0. The van der Waals surface area contributed by atoms with Crippen LogP contribution in [0.25, 0.3) is 0 Å². The van der Waals surface area contributed by atoms with Gasteiger partial charge >= 0.3 is 0 Å².